The van der Waals surface area contributed by atoms with Gasteiger partial charge in [0.25, 0.3) is 0 Å². The van der Waals surface area contributed by atoms with Crippen LogP contribution in [0.2, 0.25) is 0 Å². The van der Waals surface area contributed by atoms with Crippen molar-refractivity contribution in [2.45, 2.75) is 89.7 Å². The van der Waals surface area contributed by atoms with Crippen LogP contribution >= 0.6 is 11.9 Å². The van der Waals surface area contributed by atoms with Crippen LogP contribution in [0.25, 0.3) is 0 Å². The number of carboxylic acids is 1. The highest BCUT2D eigenvalue weighted by Crippen LogP contribution is 2.38. The maximum Gasteiger partial charge on any atom is 0.304 e. The number of rotatable bonds is 17. The van der Waals surface area contributed by atoms with Gasteiger partial charge in [-0.1, -0.05) is 81.9 Å². The summed E-state index contributed by atoms with van der Waals surface area (Å²) in [6.45, 7) is 6.01. The van der Waals surface area contributed by atoms with E-state index in [1.54, 1.807) is 0 Å². The molecule has 0 aromatic rings. The smallest absolute Gasteiger partial charge is 0.304 e. The molecule has 0 heterocycles. The summed E-state index contributed by atoms with van der Waals surface area (Å²) in [6, 6.07) is 0. The topological polar surface area (TPSA) is 66.7 Å². The second kappa shape index (κ2) is 16.8. The van der Waals surface area contributed by atoms with E-state index in [0.717, 1.165) is 50.5 Å². The molecule has 0 saturated carbocycles. The van der Waals surface area contributed by atoms with Crippen LogP contribution in [0.15, 0.2) is 41.0 Å². The Kier molecular flexibility index (Phi) is 15.9. The van der Waals surface area contributed by atoms with Crippen LogP contribution in [-0.2, 0) is 4.79 Å². The van der Waals surface area contributed by atoms with Crippen molar-refractivity contribution >= 4 is 17.9 Å². The molecule has 0 aromatic carbocycles. The van der Waals surface area contributed by atoms with E-state index in [0.29, 0.717) is 5.92 Å². The van der Waals surface area contributed by atoms with E-state index in [2.05, 4.69) is 29.7 Å². The van der Waals surface area contributed by atoms with Crippen molar-refractivity contribution in [2.75, 3.05) is 0 Å². The van der Waals surface area contributed by atoms with Gasteiger partial charge >= 0.3 is 5.97 Å². The standard InChI is InChI=1S/C22H37NO3S/c1-4-6-7-8-9-10-11-12-13-14-15-17-20(16-5-2)18-22(3,27-23-26)19-21(24)25/h4,6-10,20H,5,11-19H2,1-3H3,(H,24,25). The van der Waals surface area contributed by atoms with Crippen LogP contribution in [0.5, 0.6) is 0 Å². The van der Waals surface area contributed by atoms with E-state index in [4.69, 9.17) is 5.11 Å². The Morgan fingerprint density at radius 1 is 1.11 bits per heavy atom. The highest BCUT2D eigenvalue weighted by Gasteiger charge is 2.32. The van der Waals surface area contributed by atoms with Gasteiger partial charge < -0.3 is 5.11 Å². The molecular weight excluding hydrogens is 358 g/mol. The van der Waals surface area contributed by atoms with Gasteiger partial charge in [-0.2, -0.15) is 0 Å². The average molecular weight is 396 g/mol. The minimum atomic E-state index is -0.863. The summed E-state index contributed by atoms with van der Waals surface area (Å²) in [5.74, 6) is -0.400. The number of hydrogen-bond acceptors (Lipinski definition) is 4. The van der Waals surface area contributed by atoms with Crippen molar-refractivity contribution in [2.24, 2.45) is 10.5 Å². The average Bonchev–Trinajstić information content (AvgIpc) is 2.59. The fourth-order valence-corrected chi connectivity index (χ4v) is 4.06. The summed E-state index contributed by atoms with van der Waals surface area (Å²) in [6.07, 6.45) is 22.3. The molecule has 0 radical (unpaired) electrons. The van der Waals surface area contributed by atoms with Crippen LogP contribution < -0.4 is 0 Å². The van der Waals surface area contributed by atoms with Crippen LogP contribution in [0.1, 0.15) is 85.0 Å². The normalized spacial score (nSPS) is 15.5. The number of carbonyl (C=O) groups is 1. The molecule has 0 amide bonds. The Bertz CT molecular complexity index is 488. The third-order valence-electron chi connectivity index (χ3n) is 4.60. The Hall–Kier alpha value is -1.36. The first-order valence-corrected chi connectivity index (χ1v) is 10.9. The Balaban J connectivity index is 4.17. The Morgan fingerprint density at radius 2 is 1.81 bits per heavy atom. The number of nitrogens with zero attached hydrogens (tertiary/aromatic N) is 1. The summed E-state index contributed by atoms with van der Waals surface area (Å²) in [4.78, 5) is 21.8. The number of unbranched alkanes of at least 4 members (excludes halogenated alkanes) is 4. The molecule has 0 aliphatic rings. The van der Waals surface area contributed by atoms with Crippen LogP contribution in [0.4, 0.5) is 0 Å². The van der Waals surface area contributed by atoms with Crippen molar-refractivity contribution in [3.63, 3.8) is 0 Å². The zero-order valence-electron chi connectivity index (χ0n) is 17.2. The minimum Gasteiger partial charge on any atom is -0.481 e. The summed E-state index contributed by atoms with van der Waals surface area (Å²) in [5, 5.41) is 9.13. The molecule has 2 unspecified atom stereocenters. The first-order chi connectivity index (χ1) is 13.0. The van der Waals surface area contributed by atoms with E-state index in [-0.39, 0.29) is 6.42 Å². The Morgan fingerprint density at radius 3 is 2.44 bits per heavy atom. The second-order valence-corrected chi connectivity index (χ2v) is 8.69. The zero-order valence-corrected chi connectivity index (χ0v) is 18.0. The third-order valence-corrected chi connectivity index (χ3v) is 5.42. The predicted octanol–water partition coefficient (Wildman–Crippen LogP) is 7.47. The number of carboxylic acid groups (broad SMARTS) is 1. The molecule has 0 rings (SSSR count). The minimum absolute atomic E-state index is 0.0154. The zero-order chi connectivity index (χ0) is 20.4. The van der Waals surface area contributed by atoms with E-state index in [1.165, 1.54) is 19.3 Å². The van der Waals surface area contributed by atoms with Gasteiger partial charge in [0.15, 0.2) is 0 Å². The fraction of sp³-hybridized carbons (Fsp3) is 0.682. The van der Waals surface area contributed by atoms with Gasteiger partial charge in [0.1, 0.15) is 0 Å². The SMILES string of the molecule is CC=CC=CC=CCCCCCCC(CCC)CC(C)(CC(=O)O)SN=O. The lowest BCUT2D eigenvalue weighted by Crippen LogP contribution is -2.27. The van der Waals surface area contributed by atoms with Crippen LogP contribution in [-0.4, -0.2) is 15.8 Å². The van der Waals surface area contributed by atoms with E-state index >= 15 is 0 Å². The number of nitroso groups, excluding NO2 is 1. The second-order valence-electron chi connectivity index (χ2n) is 7.38. The maximum atomic E-state index is 11.1. The van der Waals surface area contributed by atoms with Crippen molar-refractivity contribution in [3.05, 3.63) is 41.4 Å². The first-order valence-electron chi connectivity index (χ1n) is 10.1. The molecule has 0 aliphatic carbocycles. The molecule has 0 spiro atoms. The monoisotopic (exact) mass is 395 g/mol. The molecule has 1 N–H and O–H groups in total. The molecule has 4 nitrogen and oxygen atoms in total. The van der Waals surface area contributed by atoms with Gasteiger partial charge in [0, 0.05) is 21.3 Å². The maximum absolute atomic E-state index is 11.1. The Labute approximate surface area is 169 Å². The molecule has 0 bridgehead atoms. The van der Waals surface area contributed by atoms with Crippen molar-refractivity contribution < 1.29 is 9.90 Å². The van der Waals surface area contributed by atoms with Crippen LogP contribution in [0, 0.1) is 10.8 Å². The first kappa shape index (κ1) is 25.6. The summed E-state index contributed by atoms with van der Waals surface area (Å²) in [7, 11) is 0. The molecule has 27 heavy (non-hydrogen) atoms. The van der Waals surface area contributed by atoms with Gasteiger partial charge in [0.05, 0.1) is 6.42 Å². The van der Waals surface area contributed by atoms with E-state index < -0.39 is 10.7 Å². The molecular formula is C22H37NO3S. The van der Waals surface area contributed by atoms with Gasteiger partial charge in [-0.3, -0.25) is 4.79 Å². The van der Waals surface area contributed by atoms with Gasteiger partial charge in [0.2, 0.25) is 0 Å². The predicted molar refractivity (Wildman–Crippen MR) is 118 cm³/mol. The van der Waals surface area contributed by atoms with E-state index in [9.17, 15) is 9.70 Å². The molecule has 5 heteroatoms. The number of allylic oxidation sites excluding steroid dienone is 6. The van der Waals surface area contributed by atoms with Crippen molar-refractivity contribution in [1.82, 2.24) is 0 Å². The summed E-state index contributed by atoms with van der Waals surface area (Å²) < 4.78 is 2.33. The van der Waals surface area contributed by atoms with Crippen molar-refractivity contribution in [3.8, 4) is 0 Å². The quantitative estimate of drug-likeness (QED) is 0.120. The van der Waals surface area contributed by atoms with Gasteiger partial charge in [-0.25, -0.2) is 0 Å². The molecule has 0 aliphatic heterocycles. The number of aliphatic carboxylic acids is 1. The highest BCUT2D eigenvalue weighted by atomic mass is 32.2. The lowest BCUT2D eigenvalue weighted by atomic mass is 9.86. The van der Waals surface area contributed by atoms with E-state index in [1.807, 2.05) is 32.1 Å². The molecule has 154 valence electrons. The largest absolute Gasteiger partial charge is 0.481 e. The van der Waals surface area contributed by atoms with Crippen LogP contribution in [0.3, 0.4) is 0 Å². The third kappa shape index (κ3) is 15.4. The fourth-order valence-electron chi connectivity index (χ4n) is 3.38. The van der Waals surface area contributed by atoms with Gasteiger partial charge in [-0.15, -0.1) is 4.91 Å². The molecule has 0 aromatic heterocycles. The lowest BCUT2D eigenvalue weighted by Gasteiger charge is -2.28. The van der Waals surface area contributed by atoms with Crippen molar-refractivity contribution in [1.29, 1.82) is 0 Å². The molecule has 0 saturated heterocycles. The number of hydrogen-bond donors (Lipinski definition) is 1. The molecule has 0 fully saturated rings. The van der Waals surface area contributed by atoms with Gasteiger partial charge in [-0.05, 0) is 39.0 Å². The lowest BCUT2D eigenvalue weighted by molar-refractivity contribution is -0.137. The highest BCUT2D eigenvalue weighted by molar-refractivity contribution is 7.99. The molecule has 2 atom stereocenters. The summed E-state index contributed by atoms with van der Waals surface area (Å²) in [5.41, 5.74) is 0. The summed E-state index contributed by atoms with van der Waals surface area (Å²) >= 11 is 0.892.